The summed E-state index contributed by atoms with van der Waals surface area (Å²) in [6.07, 6.45) is 3.04. The van der Waals surface area contributed by atoms with Crippen molar-refractivity contribution in [3.63, 3.8) is 0 Å². The molecule has 1 aliphatic rings. The van der Waals surface area contributed by atoms with Crippen LogP contribution < -0.4 is 4.72 Å². The summed E-state index contributed by atoms with van der Waals surface area (Å²) >= 11 is 0. The van der Waals surface area contributed by atoms with Gasteiger partial charge in [-0.2, -0.15) is 0 Å². The number of nitrogens with zero attached hydrogens (tertiary/aromatic N) is 1. The molecule has 1 heterocycles. The first-order chi connectivity index (χ1) is 6.68. The highest BCUT2D eigenvalue weighted by molar-refractivity contribution is 7.88. The van der Waals surface area contributed by atoms with Crippen molar-refractivity contribution < 1.29 is 8.42 Å². The molecule has 0 aromatic rings. The predicted molar refractivity (Wildman–Crippen MR) is 62.3 cm³/mol. The highest BCUT2D eigenvalue weighted by atomic mass is 32.2. The van der Waals surface area contributed by atoms with E-state index < -0.39 is 10.0 Å². The van der Waals surface area contributed by atoms with E-state index in [2.05, 4.69) is 30.4 Å². The average molecular weight is 234 g/mol. The zero-order chi connectivity index (χ0) is 11.7. The molecular weight excluding hydrogens is 212 g/mol. The number of hydrogen-bond acceptors (Lipinski definition) is 3. The zero-order valence-electron chi connectivity index (χ0n) is 10.1. The molecule has 4 nitrogen and oxygen atoms in total. The summed E-state index contributed by atoms with van der Waals surface area (Å²) in [6, 6.07) is 0.124. The van der Waals surface area contributed by atoms with Gasteiger partial charge in [0.15, 0.2) is 0 Å². The van der Waals surface area contributed by atoms with Crippen molar-refractivity contribution in [3.8, 4) is 0 Å². The zero-order valence-corrected chi connectivity index (χ0v) is 10.9. The second-order valence-electron chi connectivity index (χ2n) is 5.32. The van der Waals surface area contributed by atoms with Gasteiger partial charge in [-0.05, 0) is 33.6 Å². The maximum atomic E-state index is 11.1. The summed E-state index contributed by atoms with van der Waals surface area (Å²) in [5.74, 6) is 0. The highest BCUT2D eigenvalue weighted by Crippen LogP contribution is 2.20. The fourth-order valence-corrected chi connectivity index (χ4v) is 2.81. The summed E-state index contributed by atoms with van der Waals surface area (Å²) in [5, 5.41) is 0. The summed E-state index contributed by atoms with van der Waals surface area (Å²) < 4.78 is 24.8. The first kappa shape index (κ1) is 12.9. The number of piperidine rings is 1. The molecule has 1 N–H and O–H groups in total. The van der Waals surface area contributed by atoms with E-state index in [9.17, 15) is 8.42 Å². The summed E-state index contributed by atoms with van der Waals surface area (Å²) in [5.41, 5.74) is 0.191. The molecule has 0 atom stereocenters. The molecule has 1 saturated heterocycles. The Morgan fingerprint density at radius 3 is 2.00 bits per heavy atom. The van der Waals surface area contributed by atoms with Crippen molar-refractivity contribution in [3.05, 3.63) is 0 Å². The Morgan fingerprint density at radius 2 is 1.67 bits per heavy atom. The van der Waals surface area contributed by atoms with Gasteiger partial charge in [0, 0.05) is 24.7 Å². The Labute approximate surface area is 93.1 Å². The molecule has 0 amide bonds. The minimum Gasteiger partial charge on any atom is -0.298 e. The Morgan fingerprint density at radius 1 is 1.20 bits per heavy atom. The van der Waals surface area contributed by atoms with E-state index in [0.717, 1.165) is 25.9 Å². The molecule has 0 unspecified atom stereocenters. The third-order valence-corrected chi connectivity index (χ3v) is 3.59. The van der Waals surface area contributed by atoms with E-state index in [4.69, 9.17) is 0 Å². The Balaban J connectivity index is 2.43. The summed E-state index contributed by atoms with van der Waals surface area (Å²) in [4.78, 5) is 2.40. The molecule has 15 heavy (non-hydrogen) atoms. The molecule has 0 saturated carbocycles. The topological polar surface area (TPSA) is 49.4 Å². The van der Waals surface area contributed by atoms with E-state index in [-0.39, 0.29) is 11.6 Å². The first-order valence-electron chi connectivity index (χ1n) is 5.41. The van der Waals surface area contributed by atoms with Crippen LogP contribution in [0.25, 0.3) is 0 Å². The van der Waals surface area contributed by atoms with Crippen LogP contribution in [-0.2, 0) is 10.0 Å². The fourth-order valence-electron chi connectivity index (χ4n) is 1.97. The van der Waals surface area contributed by atoms with Crippen molar-refractivity contribution in [1.82, 2.24) is 9.62 Å². The van der Waals surface area contributed by atoms with Crippen LogP contribution in [0.3, 0.4) is 0 Å². The SMILES string of the molecule is CC(C)(C)N1CCC(NS(C)(=O)=O)CC1. The van der Waals surface area contributed by atoms with Gasteiger partial charge in [0.2, 0.25) is 10.0 Å². The average Bonchev–Trinajstić information content (AvgIpc) is 2.00. The maximum absolute atomic E-state index is 11.1. The van der Waals surface area contributed by atoms with Gasteiger partial charge in [0.1, 0.15) is 0 Å². The van der Waals surface area contributed by atoms with Crippen LogP contribution in [0.5, 0.6) is 0 Å². The molecule has 0 aromatic heterocycles. The van der Waals surface area contributed by atoms with Crippen molar-refractivity contribution in [2.75, 3.05) is 19.3 Å². The highest BCUT2D eigenvalue weighted by Gasteiger charge is 2.27. The van der Waals surface area contributed by atoms with Gasteiger partial charge in [-0.3, -0.25) is 4.90 Å². The lowest BCUT2D eigenvalue weighted by Gasteiger charge is -2.40. The lowest BCUT2D eigenvalue weighted by atomic mass is 9.99. The molecule has 90 valence electrons. The van der Waals surface area contributed by atoms with Crippen LogP contribution in [0.4, 0.5) is 0 Å². The van der Waals surface area contributed by atoms with Gasteiger partial charge < -0.3 is 0 Å². The molecule has 0 aromatic carbocycles. The van der Waals surface area contributed by atoms with Crippen LogP contribution in [0.2, 0.25) is 0 Å². The van der Waals surface area contributed by atoms with Crippen LogP contribution in [0.1, 0.15) is 33.6 Å². The standard InChI is InChI=1S/C10H22N2O2S/c1-10(2,3)12-7-5-9(6-8-12)11-15(4,13)14/h9,11H,5-8H2,1-4H3. The number of sulfonamides is 1. The Hall–Kier alpha value is -0.130. The summed E-state index contributed by atoms with van der Waals surface area (Å²) in [6.45, 7) is 8.51. The fraction of sp³-hybridized carbons (Fsp3) is 1.00. The Kier molecular flexibility index (Phi) is 3.79. The van der Waals surface area contributed by atoms with Crippen LogP contribution >= 0.6 is 0 Å². The maximum Gasteiger partial charge on any atom is 0.208 e. The molecule has 1 fully saturated rings. The number of likely N-dealkylation sites (tertiary alicyclic amines) is 1. The number of nitrogens with one attached hydrogen (secondary N) is 1. The second kappa shape index (κ2) is 4.39. The van der Waals surface area contributed by atoms with E-state index >= 15 is 0 Å². The molecule has 5 heteroatoms. The molecule has 0 radical (unpaired) electrons. The monoisotopic (exact) mass is 234 g/mol. The van der Waals surface area contributed by atoms with Gasteiger partial charge in [-0.1, -0.05) is 0 Å². The third-order valence-electron chi connectivity index (χ3n) is 2.82. The van der Waals surface area contributed by atoms with Gasteiger partial charge >= 0.3 is 0 Å². The van der Waals surface area contributed by atoms with Crippen molar-refractivity contribution in [2.45, 2.75) is 45.2 Å². The Bertz CT molecular complexity index is 298. The largest absolute Gasteiger partial charge is 0.298 e. The quantitative estimate of drug-likeness (QED) is 0.769. The van der Waals surface area contributed by atoms with Crippen molar-refractivity contribution >= 4 is 10.0 Å². The smallest absolute Gasteiger partial charge is 0.208 e. The van der Waals surface area contributed by atoms with Gasteiger partial charge in [-0.25, -0.2) is 13.1 Å². The normalized spacial score (nSPS) is 21.9. The lowest BCUT2D eigenvalue weighted by molar-refractivity contribution is 0.100. The minimum atomic E-state index is -3.05. The van der Waals surface area contributed by atoms with Crippen LogP contribution in [0.15, 0.2) is 0 Å². The van der Waals surface area contributed by atoms with Crippen LogP contribution in [-0.4, -0.2) is 44.2 Å². The second-order valence-corrected chi connectivity index (χ2v) is 7.10. The van der Waals surface area contributed by atoms with E-state index in [1.54, 1.807) is 0 Å². The van der Waals surface area contributed by atoms with Gasteiger partial charge in [0.25, 0.3) is 0 Å². The lowest BCUT2D eigenvalue weighted by Crippen LogP contribution is -2.50. The minimum absolute atomic E-state index is 0.124. The third kappa shape index (κ3) is 4.49. The first-order valence-corrected chi connectivity index (χ1v) is 7.30. The summed E-state index contributed by atoms with van der Waals surface area (Å²) in [7, 11) is -3.05. The van der Waals surface area contributed by atoms with Gasteiger partial charge in [-0.15, -0.1) is 0 Å². The van der Waals surface area contributed by atoms with E-state index in [0.29, 0.717) is 0 Å². The molecule has 0 aliphatic carbocycles. The van der Waals surface area contributed by atoms with Crippen LogP contribution in [0, 0.1) is 0 Å². The molecule has 0 spiro atoms. The number of hydrogen-bond donors (Lipinski definition) is 1. The van der Waals surface area contributed by atoms with Gasteiger partial charge in [0.05, 0.1) is 6.26 Å². The molecule has 1 rings (SSSR count). The van der Waals surface area contributed by atoms with E-state index in [1.807, 2.05) is 0 Å². The van der Waals surface area contributed by atoms with E-state index in [1.165, 1.54) is 6.26 Å². The van der Waals surface area contributed by atoms with Crippen molar-refractivity contribution in [1.29, 1.82) is 0 Å². The molecule has 0 bridgehead atoms. The number of rotatable bonds is 2. The predicted octanol–water partition coefficient (Wildman–Crippen LogP) is 0.798. The molecular formula is C10H22N2O2S. The molecule has 1 aliphatic heterocycles. The van der Waals surface area contributed by atoms with Crippen molar-refractivity contribution in [2.24, 2.45) is 0 Å².